The maximum Gasteiger partial charge on any atom is 0.240 e. The van der Waals surface area contributed by atoms with Gasteiger partial charge in [0.1, 0.15) is 0 Å². The number of unbranched alkanes of at least 4 members (excludes halogenated alkanes) is 4. The van der Waals surface area contributed by atoms with E-state index >= 15 is 0 Å². The van der Waals surface area contributed by atoms with E-state index in [1.54, 1.807) is 6.21 Å². The van der Waals surface area contributed by atoms with Crippen LogP contribution in [0.1, 0.15) is 51.0 Å². The highest BCUT2D eigenvalue weighted by Crippen LogP contribution is 2.02. The van der Waals surface area contributed by atoms with E-state index in [1.807, 2.05) is 30.3 Å². The van der Waals surface area contributed by atoms with E-state index in [9.17, 15) is 4.79 Å². The second-order valence-corrected chi connectivity index (χ2v) is 4.68. The van der Waals surface area contributed by atoms with Crippen molar-refractivity contribution in [3.8, 4) is 0 Å². The maximum absolute atomic E-state index is 11.5. The lowest BCUT2D eigenvalue weighted by Gasteiger charge is -2.00. The number of aryl methyl sites for hydroxylation is 1. The second kappa shape index (κ2) is 10.3. The molecule has 1 N–H and O–H groups in total. The van der Waals surface area contributed by atoms with Crippen LogP contribution < -0.4 is 5.43 Å². The van der Waals surface area contributed by atoms with Crippen molar-refractivity contribution in [3.63, 3.8) is 0 Å². The molecule has 104 valence electrons. The average molecular weight is 260 g/mol. The molecule has 0 radical (unpaired) electrons. The van der Waals surface area contributed by atoms with Gasteiger partial charge in [0.05, 0.1) is 0 Å². The molecule has 1 aromatic carbocycles. The zero-order chi connectivity index (χ0) is 13.8. The number of carbonyl (C=O) groups is 1. The second-order valence-electron chi connectivity index (χ2n) is 4.68. The molecule has 0 saturated carbocycles. The van der Waals surface area contributed by atoms with Gasteiger partial charge in [0, 0.05) is 12.6 Å². The van der Waals surface area contributed by atoms with Gasteiger partial charge in [-0.3, -0.25) is 4.79 Å². The van der Waals surface area contributed by atoms with Crippen molar-refractivity contribution < 1.29 is 4.79 Å². The van der Waals surface area contributed by atoms with E-state index in [2.05, 4.69) is 17.5 Å². The minimum Gasteiger partial charge on any atom is -0.273 e. The first-order valence-corrected chi connectivity index (χ1v) is 7.17. The summed E-state index contributed by atoms with van der Waals surface area (Å²) in [6, 6.07) is 10.0. The molecule has 0 aromatic heterocycles. The third-order valence-corrected chi connectivity index (χ3v) is 2.95. The van der Waals surface area contributed by atoms with Crippen molar-refractivity contribution in [2.24, 2.45) is 5.10 Å². The first-order chi connectivity index (χ1) is 9.33. The molecule has 0 aliphatic heterocycles. The number of carbonyl (C=O) groups excluding carboxylic acids is 1. The number of hydrazone groups is 1. The van der Waals surface area contributed by atoms with Crippen LogP contribution in [0.3, 0.4) is 0 Å². The van der Waals surface area contributed by atoms with Gasteiger partial charge in [-0.2, -0.15) is 5.10 Å². The largest absolute Gasteiger partial charge is 0.273 e. The molecule has 0 aliphatic rings. The Labute approximate surface area is 116 Å². The number of amides is 1. The van der Waals surface area contributed by atoms with Crippen LogP contribution in [0, 0.1) is 0 Å². The smallest absolute Gasteiger partial charge is 0.240 e. The Kier molecular flexibility index (Phi) is 8.36. The minimum absolute atomic E-state index is 0.0198. The van der Waals surface area contributed by atoms with Gasteiger partial charge >= 0.3 is 0 Å². The summed E-state index contributed by atoms with van der Waals surface area (Å²) in [5.74, 6) is -0.0198. The van der Waals surface area contributed by atoms with E-state index < -0.39 is 0 Å². The molecule has 0 aliphatic carbocycles. The predicted molar refractivity (Wildman–Crippen MR) is 80.2 cm³/mol. The Balaban J connectivity index is 2.06. The van der Waals surface area contributed by atoms with Crippen LogP contribution >= 0.6 is 0 Å². The van der Waals surface area contributed by atoms with Gasteiger partial charge in [0.2, 0.25) is 5.91 Å². The first kappa shape index (κ1) is 15.4. The molecule has 0 spiro atoms. The Morgan fingerprint density at radius 1 is 1.21 bits per heavy atom. The monoisotopic (exact) mass is 260 g/mol. The molecule has 0 heterocycles. The maximum atomic E-state index is 11.5. The molecule has 3 nitrogen and oxygen atoms in total. The van der Waals surface area contributed by atoms with Crippen LogP contribution in [-0.4, -0.2) is 12.1 Å². The highest BCUT2D eigenvalue weighted by Gasteiger charge is 1.99. The third kappa shape index (κ3) is 8.14. The van der Waals surface area contributed by atoms with E-state index in [-0.39, 0.29) is 5.91 Å². The number of benzene rings is 1. The number of nitrogens with zero attached hydrogens (tertiary/aromatic N) is 1. The molecule has 0 atom stereocenters. The van der Waals surface area contributed by atoms with Crippen molar-refractivity contribution in [2.75, 3.05) is 0 Å². The van der Waals surface area contributed by atoms with Gasteiger partial charge < -0.3 is 0 Å². The number of hydrogen-bond donors (Lipinski definition) is 1. The summed E-state index contributed by atoms with van der Waals surface area (Å²) in [6.45, 7) is 2.20. The van der Waals surface area contributed by atoms with Gasteiger partial charge in [-0.15, -0.1) is 0 Å². The topological polar surface area (TPSA) is 41.5 Å². The van der Waals surface area contributed by atoms with Crippen molar-refractivity contribution >= 4 is 12.1 Å². The summed E-state index contributed by atoms with van der Waals surface area (Å²) in [5, 5.41) is 3.96. The summed E-state index contributed by atoms with van der Waals surface area (Å²) >= 11 is 0. The van der Waals surface area contributed by atoms with Gasteiger partial charge in [-0.1, -0.05) is 56.5 Å². The first-order valence-electron chi connectivity index (χ1n) is 7.17. The highest BCUT2D eigenvalue weighted by atomic mass is 16.2. The summed E-state index contributed by atoms with van der Waals surface area (Å²) in [4.78, 5) is 11.5. The molecule has 0 unspecified atom stereocenters. The number of nitrogens with one attached hydrogen (secondary N) is 1. The lowest BCUT2D eigenvalue weighted by molar-refractivity contribution is -0.121. The molecule has 0 bridgehead atoms. The summed E-state index contributed by atoms with van der Waals surface area (Å²) in [5.41, 5.74) is 3.76. The number of hydrogen-bond acceptors (Lipinski definition) is 2. The summed E-state index contributed by atoms with van der Waals surface area (Å²) in [7, 11) is 0. The van der Waals surface area contributed by atoms with Gasteiger partial charge in [-0.25, -0.2) is 5.43 Å². The van der Waals surface area contributed by atoms with Crippen LogP contribution in [0.4, 0.5) is 0 Å². The molecule has 0 fully saturated rings. The fourth-order valence-corrected chi connectivity index (χ4v) is 1.80. The quantitative estimate of drug-likeness (QED) is 0.410. The Hall–Kier alpha value is -1.64. The van der Waals surface area contributed by atoms with Gasteiger partial charge in [0.25, 0.3) is 0 Å². The van der Waals surface area contributed by atoms with Crippen molar-refractivity contribution in [1.82, 2.24) is 5.43 Å². The third-order valence-electron chi connectivity index (χ3n) is 2.95. The fourth-order valence-electron chi connectivity index (χ4n) is 1.80. The molecule has 1 aromatic rings. The average Bonchev–Trinajstić information content (AvgIpc) is 2.45. The van der Waals surface area contributed by atoms with Crippen LogP contribution in [0.2, 0.25) is 0 Å². The molecule has 0 saturated heterocycles. The predicted octanol–water partition coefficient (Wildman–Crippen LogP) is 3.69. The zero-order valence-corrected chi connectivity index (χ0v) is 11.8. The van der Waals surface area contributed by atoms with Crippen molar-refractivity contribution in [1.29, 1.82) is 0 Å². The van der Waals surface area contributed by atoms with E-state index in [1.165, 1.54) is 24.8 Å². The lowest BCUT2D eigenvalue weighted by Crippen LogP contribution is -2.17. The minimum atomic E-state index is -0.0198. The lowest BCUT2D eigenvalue weighted by atomic mass is 10.1. The molecule has 3 heteroatoms. The van der Waals surface area contributed by atoms with E-state index in [4.69, 9.17) is 0 Å². The van der Waals surface area contributed by atoms with Crippen LogP contribution in [-0.2, 0) is 11.2 Å². The van der Waals surface area contributed by atoms with E-state index in [0.29, 0.717) is 6.42 Å². The standard InChI is InChI=1S/C16H24N2O/c1-2-3-4-5-9-14-17-18-16(19)13-12-15-10-7-6-8-11-15/h6-8,10-11,14H,2-5,9,12-13H2,1H3,(H,18,19)/b17-14+. The van der Waals surface area contributed by atoms with Crippen LogP contribution in [0.5, 0.6) is 0 Å². The molecule has 19 heavy (non-hydrogen) atoms. The van der Waals surface area contributed by atoms with Crippen LogP contribution in [0.25, 0.3) is 0 Å². The Bertz CT molecular complexity index is 374. The van der Waals surface area contributed by atoms with Crippen LogP contribution in [0.15, 0.2) is 35.4 Å². The Morgan fingerprint density at radius 3 is 2.74 bits per heavy atom. The summed E-state index contributed by atoms with van der Waals surface area (Å²) < 4.78 is 0. The fraction of sp³-hybridized carbons (Fsp3) is 0.500. The summed E-state index contributed by atoms with van der Waals surface area (Å²) in [6.07, 6.45) is 8.90. The Morgan fingerprint density at radius 2 is 2.00 bits per heavy atom. The normalized spacial score (nSPS) is 10.8. The van der Waals surface area contributed by atoms with Gasteiger partial charge in [0.15, 0.2) is 0 Å². The zero-order valence-electron chi connectivity index (χ0n) is 11.8. The van der Waals surface area contributed by atoms with Crippen molar-refractivity contribution in [2.45, 2.75) is 51.9 Å². The highest BCUT2D eigenvalue weighted by molar-refractivity contribution is 5.76. The molecule has 1 rings (SSSR count). The molecular weight excluding hydrogens is 236 g/mol. The number of rotatable bonds is 9. The van der Waals surface area contributed by atoms with Gasteiger partial charge in [-0.05, 0) is 24.8 Å². The SMILES string of the molecule is CCCCCC/C=N/NC(=O)CCc1ccccc1. The molecular formula is C16H24N2O. The van der Waals surface area contributed by atoms with E-state index in [0.717, 1.165) is 19.3 Å². The van der Waals surface area contributed by atoms with Crippen molar-refractivity contribution in [3.05, 3.63) is 35.9 Å². The molecule has 1 amide bonds.